The van der Waals surface area contributed by atoms with Gasteiger partial charge in [0.25, 0.3) is 0 Å². The first-order valence-electron chi connectivity index (χ1n) is 9.59. The predicted molar refractivity (Wildman–Crippen MR) is 93.9 cm³/mol. The van der Waals surface area contributed by atoms with Crippen LogP contribution in [0.1, 0.15) is 26.7 Å². The molecule has 1 heterocycles. The van der Waals surface area contributed by atoms with Gasteiger partial charge in [0, 0.05) is 13.2 Å². The number of hydrogen-bond acceptors (Lipinski definition) is 6. The van der Waals surface area contributed by atoms with E-state index in [1.807, 2.05) is 13.8 Å². The number of piperidine rings is 1. The van der Waals surface area contributed by atoms with Crippen molar-refractivity contribution < 1.29 is 33.4 Å². The second kappa shape index (κ2) is 15.5. The summed E-state index contributed by atoms with van der Waals surface area (Å²) in [6, 6.07) is 0. The van der Waals surface area contributed by atoms with Crippen LogP contribution in [0.4, 0.5) is 0 Å². The van der Waals surface area contributed by atoms with Gasteiger partial charge in [-0.1, -0.05) is 0 Å². The molecule has 0 saturated carbocycles. The molecular formula is C18H36NO6+. The van der Waals surface area contributed by atoms with E-state index in [2.05, 4.69) is 0 Å². The number of nitrogens with one attached hydrogen (secondary N) is 1. The lowest BCUT2D eigenvalue weighted by atomic mass is 9.98. The van der Waals surface area contributed by atoms with E-state index < -0.39 is 0 Å². The minimum Gasteiger partial charge on any atom is -0.463 e. The Hall–Kier alpha value is -0.730. The van der Waals surface area contributed by atoms with Crippen LogP contribution < -0.4 is 4.90 Å². The summed E-state index contributed by atoms with van der Waals surface area (Å²) in [5, 5.41) is 0. The smallest absolute Gasteiger partial charge is 0.314 e. The van der Waals surface area contributed by atoms with E-state index in [0.29, 0.717) is 52.9 Å². The molecular weight excluding hydrogens is 326 g/mol. The van der Waals surface area contributed by atoms with Gasteiger partial charge in [0.1, 0.15) is 19.1 Å². The van der Waals surface area contributed by atoms with Crippen molar-refractivity contribution in [3.05, 3.63) is 0 Å². The number of quaternary nitrogens is 1. The van der Waals surface area contributed by atoms with Crippen LogP contribution in [0.15, 0.2) is 0 Å². The first kappa shape index (κ1) is 22.3. The number of hydrogen-bond donors (Lipinski definition) is 1. The summed E-state index contributed by atoms with van der Waals surface area (Å²) in [5.74, 6) is -0.0986. The van der Waals surface area contributed by atoms with Crippen LogP contribution in [-0.2, 0) is 28.5 Å². The summed E-state index contributed by atoms with van der Waals surface area (Å²) in [5.41, 5.74) is 0. The fraction of sp³-hybridized carbons (Fsp3) is 0.944. The van der Waals surface area contributed by atoms with Gasteiger partial charge in [-0.3, -0.25) is 4.79 Å². The average molecular weight is 362 g/mol. The molecule has 0 amide bonds. The highest BCUT2D eigenvalue weighted by atomic mass is 16.6. The second-order valence-electron chi connectivity index (χ2n) is 6.08. The molecule has 1 aliphatic rings. The maximum atomic E-state index is 12.2. The molecule has 1 rings (SSSR count). The van der Waals surface area contributed by atoms with Crippen LogP contribution in [0.5, 0.6) is 0 Å². The highest BCUT2D eigenvalue weighted by molar-refractivity contribution is 5.72. The standard InChI is InChI=1S/C18H35NO6/c1-3-21-10-12-23-9-8-19-7-5-6-17(16-19)18(20)25-15-14-24-13-11-22-4-2/h17H,3-16H2,1-2H3/p+1. The molecule has 148 valence electrons. The molecule has 0 aromatic heterocycles. The van der Waals surface area contributed by atoms with Crippen molar-refractivity contribution in [2.45, 2.75) is 26.7 Å². The summed E-state index contributed by atoms with van der Waals surface area (Å²) in [6.07, 6.45) is 1.97. The minimum absolute atomic E-state index is 0.00407. The van der Waals surface area contributed by atoms with Crippen molar-refractivity contribution in [3.8, 4) is 0 Å². The third kappa shape index (κ3) is 11.5. The number of esters is 1. The Labute approximate surface area is 151 Å². The summed E-state index contributed by atoms with van der Waals surface area (Å²) >= 11 is 0. The molecule has 0 radical (unpaired) electrons. The monoisotopic (exact) mass is 362 g/mol. The Kier molecular flexibility index (Phi) is 13.8. The minimum atomic E-state index is -0.0946. The number of ether oxygens (including phenoxy) is 5. The molecule has 1 saturated heterocycles. The fourth-order valence-electron chi connectivity index (χ4n) is 2.84. The van der Waals surface area contributed by atoms with Gasteiger partial charge in [-0.15, -0.1) is 0 Å². The van der Waals surface area contributed by atoms with Crippen LogP contribution >= 0.6 is 0 Å². The summed E-state index contributed by atoms with van der Waals surface area (Å²) in [4.78, 5) is 13.6. The zero-order valence-electron chi connectivity index (χ0n) is 15.9. The molecule has 2 unspecified atom stereocenters. The van der Waals surface area contributed by atoms with E-state index in [-0.39, 0.29) is 11.9 Å². The normalized spacial score (nSPS) is 20.6. The number of rotatable bonds is 15. The van der Waals surface area contributed by atoms with Crippen LogP contribution in [0.25, 0.3) is 0 Å². The molecule has 0 aliphatic carbocycles. The number of carbonyl (C=O) groups is 1. The van der Waals surface area contributed by atoms with Crippen LogP contribution in [0.3, 0.4) is 0 Å². The van der Waals surface area contributed by atoms with Crippen molar-refractivity contribution in [3.63, 3.8) is 0 Å². The Morgan fingerprint density at radius 2 is 1.48 bits per heavy atom. The van der Waals surface area contributed by atoms with Crippen molar-refractivity contribution in [2.75, 3.05) is 79.1 Å². The van der Waals surface area contributed by atoms with E-state index in [4.69, 9.17) is 23.7 Å². The highest BCUT2D eigenvalue weighted by Crippen LogP contribution is 2.09. The van der Waals surface area contributed by atoms with Crippen molar-refractivity contribution >= 4 is 5.97 Å². The Balaban J connectivity index is 2.05. The maximum absolute atomic E-state index is 12.2. The summed E-state index contributed by atoms with van der Waals surface area (Å²) in [7, 11) is 0. The molecule has 1 aliphatic heterocycles. The molecule has 2 atom stereocenters. The van der Waals surface area contributed by atoms with Crippen molar-refractivity contribution in [1.82, 2.24) is 0 Å². The van der Waals surface area contributed by atoms with Crippen LogP contribution in [0, 0.1) is 5.92 Å². The Morgan fingerprint density at radius 1 is 0.880 bits per heavy atom. The Morgan fingerprint density at radius 3 is 2.16 bits per heavy atom. The number of likely N-dealkylation sites (tertiary alicyclic amines) is 1. The lowest BCUT2D eigenvalue weighted by Crippen LogP contribution is -3.14. The van der Waals surface area contributed by atoms with E-state index in [9.17, 15) is 4.79 Å². The van der Waals surface area contributed by atoms with Crippen molar-refractivity contribution in [2.24, 2.45) is 5.92 Å². The van der Waals surface area contributed by atoms with Gasteiger partial charge < -0.3 is 28.6 Å². The lowest BCUT2D eigenvalue weighted by Gasteiger charge is -2.28. The van der Waals surface area contributed by atoms with E-state index in [1.165, 1.54) is 4.90 Å². The molecule has 7 heteroatoms. The third-order valence-corrected chi connectivity index (χ3v) is 4.18. The predicted octanol–water partition coefficient (Wildman–Crippen LogP) is -0.0693. The molecule has 1 N–H and O–H groups in total. The maximum Gasteiger partial charge on any atom is 0.314 e. The quantitative estimate of drug-likeness (QED) is 0.325. The topological polar surface area (TPSA) is 67.7 Å². The molecule has 0 bridgehead atoms. The fourth-order valence-corrected chi connectivity index (χ4v) is 2.84. The summed E-state index contributed by atoms with van der Waals surface area (Å²) < 4.78 is 26.7. The molecule has 7 nitrogen and oxygen atoms in total. The SMILES string of the molecule is CCOCCOCCOC(=O)C1CCC[NH+](CCOCCOCC)C1. The zero-order chi connectivity index (χ0) is 18.2. The lowest BCUT2D eigenvalue weighted by molar-refractivity contribution is -0.907. The van der Waals surface area contributed by atoms with Gasteiger partial charge in [0.2, 0.25) is 0 Å². The Bertz CT molecular complexity index is 329. The first-order valence-corrected chi connectivity index (χ1v) is 9.59. The van der Waals surface area contributed by atoms with Crippen LogP contribution in [0.2, 0.25) is 0 Å². The largest absolute Gasteiger partial charge is 0.463 e. The number of carbonyl (C=O) groups excluding carboxylic acids is 1. The molecule has 1 fully saturated rings. The second-order valence-corrected chi connectivity index (χ2v) is 6.08. The van der Waals surface area contributed by atoms with Crippen LogP contribution in [-0.4, -0.2) is 85.1 Å². The first-order chi connectivity index (χ1) is 12.3. The van der Waals surface area contributed by atoms with Gasteiger partial charge in [-0.25, -0.2) is 0 Å². The van der Waals surface area contributed by atoms with Gasteiger partial charge in [-0.05, 0) is 26.7 Å². The van der Waals surface area contributed by atoms with Crippen molar-refractivity contribution in [1.29, 1.82) is 0 Å². The summed E-state index contributed by atoms with van der Waals surface area (Å²) in [6.45, 7) is 12.0. The molecule has 0 aromatic carbocycles. The molecule has 0 aromatic rings. The van der Waals surface area contributed by atoms with Gasteiger partial charge >= 0.3 is 5.97 Å². The van der Waals surface area contributed by atoms with E-state index in [1.54, 1.807) is 0 Å². The third-order valence-electron chi connectivity index (χ3n) is 4.18. The highest BCUT2D eigenvalue weighted by Gasteiger charge is 2.29. The van der Waals surface area contributed by atoms with E-state index in [0.717, 1.165) is 39.1 Å². The molecule has 25 heavy (non-hydrogen) atoms. The van der Waals surface area contributed by atoms with Gasteiger partial charge in [0.15, 0.2) is 0 Å². The van der Waals surface area contributed by atoms with Gasteiger partial charge in [-0.2, -0.15) is 0 Å². The zero-order valence-corrected chi connectivity index (χ0v) is 15.9. The van der Waals surface area contributed by atoms with Gasteiger partial charge in [0.05, 0.1) is 52.7 Å². The molecule has 0 spiro atoms. The average Bonchev–Trinajstić information content (AvgIpc) is 2.64. The van der Waals surface area contributed by atoms with E-state index >= 15 is 0 Å².